The van der Waals surface area contributed by atoms with Crippen molar-refractivity contribution in [1.29, 1.82) is 0 Å². The molecule has 0 fully saturated rings. The van der Waals surface area contributed by atoms with E-state index in [-0.39, 0.29) is 11.7 Å². The molecule has 0 aliphatic carbocycles. The maximum absolute atomic E-state index is 10.9. The second kappa shape index (κ2) is 5.14. The fourth-order valence-corrected chi connectivity index (χ4v) is 2.45. The standard InChI is InChI=1S/C12H13N3O2S/c1-7(9-4-3-5-13-6-9)14-12-15-10(11(16)17)8(2)18-12/h3-7H,1-2H3,(H,14,15)(H,16,17). The number of carboxylic acids is 1. The SMILES string of the molecule is Cc1sc(NC(C)c2cccnc2)nc1C(=O)O. The molecular formula is C12H13N3O2S. The molecule has 2 aromatic heterocycles. The monoisotopic (exact) mass is 263 g/mol. The van der Waals surface area contributed by atoms with E-state index < -0.39 is 5.97 Å². The summed E-state index contributed by atoms with van der Waals surface area (Å²) >= 11 is 1.34. The lowest BCUT2D eigenvalue weighted by Gasteiger charge is -2.12. The van der Waals surface area contributed by atoms with Gasteiger partial charge in [-0.05, 0) is 25.5 Å². The van der Waals surface area contributed by atoms with Gasteiger partial charge in [0.25, 0.3) is 0 Å². The fourth-order valence-electron chi connectivity index (χ4n) is 1.56. The van der Waals surface area contributed by atoms with Gasteiger partial charge in [0.2, 0.25) is 0 Å². The molecule has 0 amide bonds. The Morgan fingerprint density at radius 3 is 2.89 bits per heavy atom. The zero-order chi connectivity index (χ0) is 13.1. The number of aromatic nitrogens is 2. The lowest BCUT2D eigenvalue weighted by atomic mass is 10.1. The van der Waals surface area contributed by atoms with E-state index in [1.165, 1.54) is 11.3 Å². The molecule has 0 aliphatic heterocycles. The molecule has 1 unspecified atom stereocenters. The molecule has 2 rings (SSSR count). The molecule has 0 spiro atoms. The molecule has 2 aromatic rings. The third kappa shape index (κ3) is 2.65. The first-order valence-corrected chi connectivity index (χ1v) is 6.26. The summed E-state index contributed by atoms with van der Waals surface area (Å²) in [5.74, 6) is -0.995. The highest BCUT2D eigenvalue weighted by molar-refractivity contribution is 7.15. The van der Waals surface area contributed by atoms with Crippen LogP contribution >= 0.6 is 11.3 Å². The van der Waals surface area contributed by atoms with Gasteiger partial charge in [0.1, 0.15) is 0 Å². The van der Waals surface area contributed by atoms with Crippen LogP contribution in [-0.4, -0.2) is 21.0 Å². The minimum atomic E-state index is -0.995. The van der Waals surface area contributed by atoms with Gasteiger partial charge in [-0.2, -0.15) is 0 Å². The fraction of sp³-hybridized carbons (Fsp3) is 0.250. The maximum Gasteiger partial charge on any atom is 0.355 e. The maximum atomic E-state index is 10.9. The number of carbonyl (C=O) groups is 1. The summed E-state index contributed by atoms with van der Waals surface area (Å²) in [5, 5.41) is 12.7. The number of nitrogens with zero attached hydrogens (tertiary/aromatic N) is 2. The Labute approximate surface area is 109 Å². The van der Waals surface area contributed by atoms with Gasteiger partial charge in [-0.1, -0.05) is 6.07 Å². The Morgan fingerprint density at radius 1 is 1.56 bits per heavy atom. The third-order valence-corrected chi connectivity index (χ3v) is 3.43. The number of aromatic carboxylic acids is 1. The summed E-state index contributed by atoms with van der Waals surface area (Å²) in [6.45, 7) is 3.73. The zero-order valence-electron chi connectivity index (χ0n) is 10.0. The van der Waals surface area contributed by atoms with Gasteiger partial charge >= 0.3 is 5.97 Å². The smallest absolute Gasteiger partial charge is 0.355 e. The summed E-state index contributed by atoms with van der Waals surface area (Å²) < 4.78 is 0. The molecule has 0 radical (unpaired) electrons. The van der Waals surface area contributed by atoms with Gasteiger partial charge in [0.05, 0.1) is 6.04 Å². The van der Waals surface area contributed by atoms with Crippen molar-refractivity contribution in [2.75, 3.05) is 5.32 Å². The van der Waals surface area contributed by atoms with Crippen molar-refractivity contribution in [3.8, 4) is 0 Å². The van der Waals surface area contributed by atoms with Crippen molar-refractivity contribution in [3.63, 3.8) is 0 Å². The van der Waals surface area contributed by atoms with Crippen LogP contribution in [0.2, 0.25) is 0 Å². The molecule has 0 bridgehead atoms. The van der Waals surface area contributed by atoms with Gasteiger partial charge in [-0.3, -0.25) is 4.98 Å². The number of anilines is 1. The van der Waals surface area contributed by atoms with E-state index in [0.717, 1.165) is 5.56 Å². The average Bonchev–Trinajstić information content (AvgIpc) is 2.71. The number of aryl methyl sites for hydroxylation is 1. The first kappa shape index (κ1) is 12.5. The molecule has 2 heterocycles. The predicted octanol–water partition coefficient (Wildman–Crippen LogP) is 2.72. The largest absolute Gasteiger partial charge is 0.476 e. The highest BCUT2D eigenvalue weighted by Crippen LogP contribution is 2.25. The highest BCUT2D eigenvalue weighted by Gasteiger charge is 2.15. The Hall–Kier alpha value is -1.95. The van der Waals surface area contributed by atoms with Crippen LogP contribution in [0.25, 0.3) is 0 Å². The number of nitrogens with one attached hydrogen (secondary N) is 1. The van der Waals surface area contributed by atoms with Gasteiger partial charge in [0, 0.05) is 17.3 Å². The van der Waals surface area contributed by atoms with Gasteiger partial charge in [-0.15, -0.1) is 11.3 Å². The summed E-state index contributed by atoms with van der Waals surface area (Å²) in [5.41, 5.74) is 1.14. The Bertz CT molecular complexity index is 554. The van der Waals surface area contributed by atoms with Gasteiger partial charge in [0.15, 0.2) is 10.8 Å². The first-order valence-electron chi connectivity index (χ1n) is 5.45. The normalized spacial score (nSPS) is 12.1. The summed E-state index contributed by atoms with van der Waals surface area (Å²) in [7, 11) is 0. The van der Waals surface area contributed by atoms with Crippen LogP contribution in [0.5, 0.6) is 0 Å². The van der Waals surface area contributed by atoms with E-state index in [2.05, 4.69) is 15.3 Å². The number of thiazole rings is 1. The first-order chi connectivity index (χ1) is 8.58. The zero-order valence-corrected chi connectivity index (χ0v) is 10.9. The van der Waals surface area contributed by atoms with Crippen LogP contribution in [-0.2, 0) is 0 Å². The molecule has 2 N–H and O–H groups in total. The summed E-state index contributed by atoms with van der Waals surface area (Å²) in [6, 6.07) is 3.86. The van der Waals surface area contributed by atoms with Crippen molar-refractivity contribution in [3.05, 3.63) is 40.7 Å². The van der Waals surface area contributed by atoms with E-state index in [4.69, 9.17) is 5.11 Å². The Kier molecular flexibility index (Phi) is 3.57. The molecule has 0 aliphatic rings. The van der Waals surface area contributed by atoms with Gasteiger partial charge in [-0.25, -0.2) is 9.78 Å². The quantitative estimate of drug-likeness (QED) is 0.887. The van der Waals surface area contributed by atoms with E-state index in [1.807, 2.05) is 19.1 Å². The summed E-state index contributed by atoms with van der Waals surface area (Å²) in [4.78, 5) is 19.7. The minimum Gasteiger partial charge on any atom is -0.476 e. The van der Waals surface area contributed by atoms with Crippen molar-refractivity contribution < 1.29 is 9.90 Å². The molecule has 18 heavy (non-hydrogen) atoms. The lowest BCUT2D eigenvalue weighted by Crippen LogP contribution is -2.07. The van der Waals surface area contributed by atoms with E-state index >= 15 is 0 Å². The second-order valence-electron chi connectivity index (χ2n) is 3.88. The Morgan fingerprint density at radius 2 is 2.33 bits per heavy atom. The molecular weight excluding hydrogens is 250 g/mol. The van der Waals surface area contributed by atoms with Crippen molar-refractivity contribution in [1.82, 2.24) is 9.97 Å². The number of rotatable bonds is 4. The van der Waals surface area contributed by atoms with Crippen LogP contribution in [0.1, 0.15) is 33.9 Å². The van der Waals surface area contributed by atoms with Crippen LogP contribution in [0, 0.1) is 6.92 Å². The van der Waals surface area contributed by atoms with E-state index in [9.17, 15) is 4.79 Å². The molecule has 1 atom stereocenters. The molecule has 0 saturated carbocycles. The highest BCUT2D eigenvalue weighted by atomic mass is 32.1. The predicted molar refractivity (Wildman–Crippen MR) is 70.1 cm³/mol. The van der Waals surface area contributed by atoms with E-state index in [0.29, 0.717) is 10.0 Å². The van der Waals surface area contributed by atoms with Crippen LogP contribution in [0.15, 0.2) is 24.5 Å². The van der Waals surface area contributed by atoms with Gasteiger partial charge < -0.3 is 10.4 Å². The van der Waals surface area contributed by atoms with Crippen molar-refractivity contribution >= 4 is 22.4 Å². The molecule has 0 aromatic carbocycles. The number of carboxylic acid groups (broad SMARTS) is 1. The number of hydrogen-bond acceptors (Lipinski definition) is 5. The van der Waals surface area contributed by atoms with Crippen LogP contribution in [0.4, 0.5) is 5.13 Å². The number of pyridine rings is 1. The molecule has 0 saturated heterocycles. The topological polar surface area (TPSA) is 75.1 Å². The number of hydrogen-bond donors (Lipinski definition) is 2. The minimum absolute atomic E-state index is 0.0332. The molecule has 6 heteroatoms. The van der Waals surface area contributed by atoms with Crippen molar-refractivity contribution in [2.45, 2.75) is 19.9 Å². The lowest BCUT2D eigenvalue weighted by molar-refractivity contribution is 0.0690. The molecule has 94 valence electrons. The van der Waals surface area contributed by atoms with Crippen LogP contribution < -0.4 is 5.32 Å². The van der Waals surface area contributed by atoms with E-state index in [1.54, 1.807) is 19.3 Å². The third-order valence-electron chi connectivity index (χ3n) is 2.52. The van der Waals surface area contributed by atoms with Crippen molar-refractivity contribution in [2.24, 2.45) is 0 Å². The average molecular weight is 263 g/mol. The summed E-state index contributed by atoms with van der Waals surface area (Å²) in [6.07, 6.45) is 3.49. The molecule has 5 nitrogen and oxygen atoms in total. The Balaban J connectivity index is 2.15. The second-order valence-corrected chi connectivity index (χ2v) is 5.08. The van der Waals surface area contributed by atoms with Crippen LogP contribution in [0.3, 0.4) is 0 Å².